The first-order valence-corrected chi connectivity index (χ1v) is 6.18. The van der Waals surface area contributed by atoms with Gasteiger partial charge in [0.1, 0.15) is 6.29 Å². The fraction of sp³-hybridized carbons (Fsp3) is 0.500. The van der Waals surface area contributed by atoms with Gasteiger partial charge < -0.3 is 9.53 Å². The van der Waals surface area contributed by atoms with Gasteiger partial charge in [0, 0.05) is 19.0 Å². The van der Waals surface area contributed by atoms with Crippen molar-refractivity contribution >= 4 is 6.29 Å². The average molecular weight is 233 g/mol. The molecule has 3 heteroatoms. The highest BCUT2D eigenvalue weighted by atomic mass is 16.5. The summed E-state index contributed by atoms with van der Waals surface area (Å²) in [5.41, 5.74) is 1.19. The van der Waals surface area contributed by atoms with Crippen LogP contribution in [0.2, 0.25) is 0 Å². The summed E-state index contributed by atoms with van der Waals surface area (Å²) in [6.45, 7) is 3.15. The first-order chi connectivity index (χ1) is 8.38. The fourth-order valence-electron chi connectivity index (χ4n) is 2.19. The molecule has 2 rings (SSSR count). The van der Waals surface area contributed by atoms with Crippen LogP contribution in [0.1, 0.15) is 18.4 Å². The van der Waals surface area contributed by atoms with Crippen LogP contribution < -0.4 is 0 Å². The smallest absolute Gasteiger partial charge is 0.124 e. The molecule has 1 aromatic carbocycles. The first-order valence-electron chi connectivity index (χ1n) is 6.18. The molecule has 1 aliphatic rings. The standard InChI is InChI=1S/C14H19NO2/c16-10-14-7-4-8-15(9-14)12-17-11-13-5-2-1-3-6-13/h1-3,5-6,10,14H,4,7-9,11-12H2. The topological polar surface area (TPSA) is 29.5 Å². The number of benzene rings is 1. The average Bonchev–Trinajstić information content (AvgIpc) is 2.40. The quantitative estimate of drug-likeness (QED) is 0.729. The van der Waals surface area contributed by atoms with Gasteiger partial charge in [0.15, 0.2) is 0 Å². The molecule has 1 fully saturated rings. The lowest BCUT2D eigenvalue weighted by Crippen LogP contribution is -2.37. The van der Waals surface area contributed by atoms with Gasteiger partial charge in [-0.05, 0) is 18.4 Å². The minimum absolute atomic E-state index is 0.198. The molecular weight excluding hydrogens is 214 g/mol. The molecule has 0 aliphatic carbocycles. The number of carbonyl (C=O) groups excluding carboxylic acids is 1. The summed E-state index contributed by atoms with van der Waals surface area (Å²) >= 11 is 0. The van der Waals surface area contributed by atoms with Crippen molar-refractivity contribution in [2.45, 2.75) is 19.4 Å². The van der Waals surface area contributed by atoms with Crippen LogP contribution in [0.25, 0.3) is 0 Å². The molecule has 1 atom stereocenters. The summed E-state index contributed by atoms with van der Waals surface area (Å²) in [4.78, 5) is 12.9. The van der Waals surface area contributed by atoms with E-state index in [0.717, 1.165) is 32.2 Å². The molecule has 1 saturated heterocycles. The highest BCUT2D eigenvalue weighted by Gasteiger charge is 2.18. The Bertz CT molecular complexity index is 339. The third kappa shape index (κ3) is 3.95. The van der Waals surface area contributed by atoms with Crippen molar-refractivity contribution in [3.63, 3.8) is 0 Å². The van der Waals surface area contributed by atoms with Gasteiger partial charge in [-0.3, -0.25) is 4.90 Å². The minimum atomic E-state index is 0.198. The van der Waals surface area contributed by atoms with Crippen LogP contribution >= 0.6 is 0 Å². The van der Waals surface area contributed by atoms with Gasteiger partial charge in [-0.2, -0.15) is 0 Å². The Kier molecular flexibility index (Phi) is 4.71. The maximum atomic E-state index is 10.7. The number of ether oxygens (including phenoxy) is 1. The monoisotopic (exact) mass is 233 g/mol. The minimum Gasteiger partial charge on any atom is -0.361 e. The lowest BCUT2D eigenvalue weighted by molar-refractivity contribution is -0.113. The predicted molar refractivity (Wildman–Crippen MR) is 66.5 cm³/mol. The summed E-state index contributed by atoms with van der Waals surface area (Å²) in [5, 5.41) is 0. The van der Waals surface area contributed by atoms with E-state index in [1.807, 2.05) is 18.2 Å². The predicted octanol–water partition coefficient (Wildman–Crippen LogP) is 2.07. The van der Waals surface area contributed by atoms with Crippen molar-refractivity contribution in [1.82, 2.24) is 4.90 Å². The second-order valence-corrected chi connectivity index (χ2v) is 4.58. The summed E-state index contributed by atoms with van der Waals surface area (Å²) in [5.74, 6) is 0.198. The molecule has 1 aromatic rings. The molecule has 0 N–H and O–H groups in total. The van der Waals surface area contributed by atoms with E-state index in [-0.39, 0.29) is 5.92 Å². The van der Waals surface area contributed by atoms with Crippen molar-refractivity contribution in [3.05, 3.63) is 35.9 Å². The molecule has 1 heterocycles. The number of hydrogen-bond acceptors (Lipinski definition) is 3. The molecule has 0 radical (unpaired) electrons. The van der Waals surface area contributed by atoms with Crippen LogP contribution in [-0.2, 0) is 16.1 Å². The van der Waals surface area contributed by atoms with E-state index in [2.05, 4.69) is 17.0 Å². The molecule has 0 spiro atoms. The molecule has 0 amide bonds. The third-order valence-electron chi connectivity index (χ3n) is 3.12. The zero-order valence-electron chi connectivity index (χ0n) is 10.0. The molecule has 92 valence electrons. The molecule has 17 heavy (non-hydrogen) atoms. The van der Waals surface area contributed by atoms with Crippen molar-refractivity contribution < 1.29 is 9.53 Å². The lowest BCUT2D eigenvalue weighted by Gasteiger charge is -2.29. The van der Waals surface area contributed by atoms with Gasteiger partial charge in [0.2, 0.25) is 0 Å². The molecular formula is C14H19NO2. The van der Waals surface area contributed by atoms with Crippen molar-refractivity contribution in [3.8, 4) is 0 Å². The Labute approximate surface area is 102 Å². The van der Waals surface area contributed by atoms with Gasteiger partial charge in [-0.1, -0.05) is 30.3 Å². The number of carbonyl (C=O) groups is 1. The normalized spacial score (nSPS) is 21.3. The Morgan fingerprint density at radius 1 is 1.35 bits per heavy atom. The highest BCUT2D eigenvalue weighted by molar-refractivity contribution is 5.53. The molecule has 0 aromatic heterocycles. The van der Waals surface area contributed by atoms with Crippen molar-refractivity contribution in [2.75, 3.05) is 19.8 Å². The van der Waals surface area contributed by atoms with E-state index in [9.17, 15) is 4.79 Å². The van der Waals surface area contributed by atoms with Crippen LogP contribution in [0.4, 0.5) is 0 Å². The van der Waals surface area contributed by atoms with Gasteiger partial charge in [0.25, 0.3) is 0 Å². The van der Waals surface area contributed by atoms with Crippen LogP contribution in [0.3, 0.4) is 0 Å². The van der Waals surface area contributed by atoms with Crippen LogP contribution in [0, 0.1) is 5.92 Å². The van der Waals surface area contributed by atoms with E-state index in [1.54, 1.807) is 0 Å². The van der Waals surface area contributed by atoms with Gasteiger partial charge in [-0.25, -0.2) is 0 Å². The number of likely N-dealkylation sites (tertiary alicyclic amines) is 1. The van der Waals surface area contributed by atoms with Crippen LogP contribution in [-0.4, -0.2) is 31.0 Å². The second kappa shape index (κ2) is 6.52. The third-order valence-corrected chi connectivity index (χ3v) is 3.12. The van der Waals surface area contributed by atoms with Gasteiger partial charge >= 0.3 is 0 Å². The van der Waals surface area contributed by atoms with Crippen LogP contribution in [0.5, 0.6) is 0 Å². The molecule has 0 saturated carbocycles. The highest BCUT2D eigenvalue weighted by Crippen LogP contribution is 2.14. The summed E-state index contributed by atoms with van der Waals surface area (Å²) in [7, 11) is 0. The van der Waals surface area contributed by atoms with E-state index in [0.29, 0.717) is 13.3 Å². The Morgan fingerprint density at radius 3 is 2.94 bits per heavy atom. The van der Waals surface area contributed by atoms with E-state index in [4.69, 9.17) is 4.74 Å². The molecule has 1 aliphatic heterocycles. The largest absolute Gasteiger partial charge is 0.361 e. The maximum absolute atomic E-state index is 10.7. The Balaban J connectivity index is 1.70. The number of piperidine rings is 1. The lowest BCUT2D eigenvalue weighted by atomic mass is 10.0. The van der Waals surface area contributed by atoms with Crippen molar-refractivity contribution in [1.29, 1.82) is 0 Å². The Morgan fingerprint density at radius 2 is 2.18 bits per heavy atom. The summed E-state index contributed by atoms with van der Waals surface area (Å²) < 4.78 is 5.66. The van der Waals surface area contributed by atoms with Gasteiger partial charge in [-0.15, -0.1) is 0 Å². The zero-order valence-corrected chi connectivity index (χ0v) is 10.0. The SMILES string of the molecule is O=CC1CCCN(COCc2ccccc2)C1. The second-order valence-electron chi connectivity index (χ2n) is 4.58. The van der Waals surface area contributed by atoms with Crippen molar-refractivity contribution in [2.24, 2.45) is 5.92 Å². The Hall–Kier alpha value is -1.19. The number of hydrogen-bond donors (Lipinski definition) is 0. The van der Waals surface area contributed by atoms with E-state index >= 15 is 0 Å². The zero-order chi connectivity index (χ0) is 11.9. The number of rotatable bonds is 5. The molecule has 1 unspecified atom stereocenters. The summed E-state index contributed by atoms with van der Waals surface area (Å²) in [6, 6.07) is 10.2. The first kappa shape index (κ1) is 12.3. The number of nitrogens with zero attached hydrogens (tertiary/aromatic N) is 1. The molecule has 3 nitrogen and oxygen atoms in total. The van der Waals surface area contributed by atoms with Crippen LogP contribution in [0.15, 0.2) is 30.3 Å². The fourth-order valence-corrected chi connectivity index (χ4v) is 2.19. The molecule has 0 bridgehead atoms. The van der Waals surface area contributed by atoms with Gasteiger partial charge in [0.05, 0.1) is 13.3 Å². The number of aldehydes is 1. The van der Waals surface area contributed by atoms with E-state index < -0.39 is 0 Å². The van der Waals surface area contributed by atoms with E-state index in [1.165, 1.54) is 5.56 Å². The summed E-state index contributed by atoms with van der Waals surface area (Å²) in [6.07, 6.45) is 3.19. The maximum Gasteiger partial charge on any atom is 0.124 e.